The van der Waals surface area contributed by atoms with Gasteiger partial charge in [0.05, 0.1) is 18.2 Å². The van der Waals surface area contributed by atoms with Crippen LogP contribution in [0.5, 0.6) is 0 Å². The Morgan fingerprint density at radius 3 is 2.74 bits per heavy atom. The maximum Gasteiger partial charge on any atom is 0.255 e. The summed E-state index contributed by atoms with van der Waals surface area (Å²) in [6.45, 7) is 3.71. The molecule has 4 rings (SSSR count). The molecule has 0 spiro atoms. The molecule has 0 saturated carbocycles. The third-order valence-electron chi connectivity index (χ3n) is 4.87. The van der Waals surface area contributed by atoms with Crippen molar-refractivity contribution in [1.29, 1.82) is 0 Å². The van der Waals surface area contributed by atoms with E-state index in [1.807, 2.05) is 73.0 Å². The topological polar surface area (TPSA) is 66.6 Å². The number of aromatic nitrogens is 2. The standard InChI is InChI=1S/C22H21N3O2/c1-14-12-15(2)25-11-10-19(21(25)23-14)22(27)24-20(13-26)18-9-5-7-16-6-3-4-8-17(16)18/h3-12,20,26H,13H2,1-2H3,(H,24,27). The van der Waals surface area contributed by atoms with Gasteiger partial charge in [-0.3, -0.25) is 4.79 Å². The second-order valence-corrected chi connectivity index (χ2v) is 6.74. The summed E-state index contributed by atoms with van der Waals surface area (Å²) < 4.78 is 1.90. The van der Waals surface area contributed by atoms with Gasteiger partial charge in [-0.15, -0.1) is 0 Å². The molecule has 2 aromatic heterocycles. The molecule has 0 aliphatic heterocycles. The first-order valence-corrected chi connectivity index (χ1v) is 8.93. The van der Waals surface area contributed by atoms with Crippen LogP contribution in [0.4, 0.5) is 0 Å². The van der Waals surface area contributed by atoms with E-state index in [1.54, 1.807) is 6.07 Å². The lowest BCUT2D eigenvalue weighted by molar-refractivity contribution is 0.0918. The zero-order valence-electron chi connectivity index (χ0n) is 15.3. The predicted molar refractivity (Wildman–Crippen MR) is 106 cm³/mol. The highest BCUT2D eigenvalue weighted by Crippen LogP contribution is 2.25. The van der Waals surface area contributed by atoms with Crippen molar-refractivity contribution >= 4 is 22.3 Å². The molecule has 2 N–H and O–H groups in total. The lowest BCUT2D eigenvalue weighted by atomic mass is 9.99. The van der Waals surface area contributed by atoms with Crippen LogP contribution in [0.3, 0.4) is 0 Å². The van der Waals surface area contributed by atoms with E-state index >= 15 is 0 Å². The Balaban J connectivity index is 1.71. The number of nitrogens with zero attached hydrogens (tertiary/aromatic N) is 2. The van der Waals surface area contributed by atoms with E-state index in [0.29, 0.717) is 11.2 Å². The Bertz CT molecular complexity index is 1140. The van der Waals surface area contributed by atoms with Gasteiger partial charge < -0.3 is 14.8 Å². The number of benzene rings is 2. The summed E-state index contributed by atoms with van der Waals surface area (Å²) in [7, 11) is 0. The van der Waals surface area contributed by atoms with E-state index in [2.05, 4.69) is 10.3 Å². The number of aliphatic hydroxyl groups excluding tert-OH is 1. The van der Waals surface area contributed by atoms with Gasteiger partial charge in [0.2, 0.25) is 0 Å². The van der Waals surface area contributed by atoms with Crippen LogP contribution in [0, 0.1) is 13.8 Å². The Labute approximate surface area is 157 Å². The minimum atomic E-state index is -0.496. The van der Waals surface area contributed by atoms with Gasteiger partial charge in [0.25, 0.3) is 5.91 Å². The fraction of sp³-hybridized carbons (Fsp3) is 0.182. The van der Waals surface area contributed by atoms with Crippen molar-refractivity contribution in [3.8, 4) is 0 Å². The van der Waals surface area contributed by atoms with Gasteiger partial charge in [0.1, 0.15) is 5.65 Å². The number of carbonyl (C=O) groups excluding carboxylic acids is 1. The first-order valence-electron chi connectivity index (χ1n) is 8.93. The molecular formula is C22H21N3O2. The molecule has 0 bridgehead atoms. The average molecular weight is 359 g/mol. The van der Waals surface area contributed by atoms with E-state index < -0.39 is 6.04 Å². The maximum absolute atomic E-state index is 12.9. The molecule has 0 aliphatic carbocycles. The molecule has 0 saturated heterocycles. The molecule has 4 aromatic rings. The van der Waals surface area contributed by atoms with Crippen molar-refractivity contribution in [3.63, 3.8) is 0 Å². The lowest BCUT2D eigenvalue weighted by Gasteiger charge is -2.18. The Morgan fingerprint density at radius 1 is 1.15 bits per heavy atom. The van der Waals surface area contributed by atoms with Crippen molar-refractivity contribution in [2.45, 2.75) is 19.9 Å². The van der Waals surface area contributed by atoms with Crippen LogP contribution in [0.1, 0.15) is 33.4 Å². The molecule has 1 atom stereocenters. The maximum atomic E-state index is 12.9. The Kier molecular flexibility index (Phi) is 4.38. The zero-order chi connectivity index (χ0) is 19.0. The zero-order valence-corrected chi connectivity index (χ0v) is 15.3. The number of aliphatic hydroxyl groups is 1. The number of rotatable bonds is 4. The van der Waals surface area contributed by atoms with Gasteiger partial charge in [0.15, 0.2) is 0 Å². The monoisotopic (exact) mass is 359 g/mol. The Morgan fingerprint density at radius 2 is 1.93 bits per heavy atom. The smallest absolute Gasteiger partial charge is 0.255 e. The quantitative estimate of drug-likeness (QED) is 0.585. The van der Waals surface area contributed by atoms with Gasteiger partial charge in [-0.25, -0.2) is 4.98 Å². The predicted octanol–water partition coefficient (Wildman–Crippen LogP) is 3.57. The molecule has 5 nitrogen and oxygen atoms in total. The summed E-state index contributed by atoms with van der Waals surface area (Å²) in [6, 6.07) is 17.1. The minimum absolute atomic E-state index is 0.184. The molecule has 0 radical (unpaired) electrons. The summed E-state index contributed by atoms with van der Waals surface area (Å²) in [5.41, 5.74) is 3.90. The molecule has 1 unspecified atom stereocenters. The first kappa shape index (κ1) is 17.2. The highest BCUT2D eigenvalue weighted by molar-refractivity contribution is 6.00. The summed E-state index contributed by atoms with van der Waals surface area (Å²) in [5.74, 6) is -0.248. The SMILES string of the molecule is Cc1cc(C)n2ccc(C(=O)NC(CO)c3cccc4ccccc34)c2n1. The van der Waals surface area contributed by atoms with Crippen LogP contribution in [0.15, 0.2) is 60.8 Å². The second kappa shape index (κ2) is 6.85. The minimum Gasteiger partial charge on any atom is -0.394 e. The van der Waals surface area contributed by atoms with E-state index in [1.165, 1.54) is 0 Å². The molecule has 136 valence electrons. The van der Waals surface area contributed by atoms with Gasteiger partial charge in [-0.2, -0.15) is 0 Å². The van der Waals surface area contributed by atoms with E-state index in [-0.39, 0.29) is 12.5 Å². The van der Waals surface area contributed by atoms with Crippen molar-refractivity contribution < 1.29 is 9.90 Å². The fourth-order valence-corrected chi connectivity index (χ4v) is 3.58. The lowest BCUT2D eigenvalue weighted by Crippen LogP contribution is -2.31. The van der Waals surface area contributed by atoms with E-state index in [0.717, 1.165) is 27.7 Å². The number of fused-ring (bicyclic) bond motifs is 2. The van der Waals surface area contributed by atoms with Crippen LogP contribution in [0.2, 0.25) is 0 Å². The van der Waals surface area contributed by atoms with Gasteiger partial charge >= 0.3 is 0 Å². The number of hydrogen-bond acceptors (Lipinski definition) is 3. The molecule has 1 amide bonds. The van der Waals surface area contributed by atoms with Crippen LogP contribution < -0.4 is 5.32 Å². The number of nitrogens with one attached hydrogen (secondary N) is 1. The molecule has 0 aliphatic rings. The van der Waals surface area contributed by atoms with Crippen molar-refractivity contribution in [2.24, 2.45) is 0 Å². The fourth-order valence-electron chi connectivity index (χ4n) is 3.58. The van der Waals surface area contributed by atoms with Crippen molar-refractivity contribution in [3.05, 3.63) is 83.3 Å². The van der Waals surface area contributed by atoms with E-state index in [4.69, 9.17) is 0 Å². The van der Waals surface area contributed by atoms with Gasteiger partial charge in [-0.1, -0.05) is 42.5 Å². The molecular weight excluding hydrogens is 338 g/mol. The summed E-state index contributed by atoms with van der Waals surface area (Å²) >= 11 is 0. The van der Waals surface area contributed by atoms with Gasteiger partial charge in [0, 0.05) is 17.6 Å². The number of hydrogen-bond donors (Lipinski definition) is 2. The Hall–Kier alpha value is -3.18. The van der Waals surface area contributed by atoms with Crippen LogP contribution >= 0.6 is 0 Å². The van der Waals surface area contributed by atoms with E-state index in [9.17, 15) is 9.90 Å². The number of carbonyl (C=O) groups is 1. The third kappa shape index (κ3) is 3.06. The summed E-state index contributed by atoms with van der Waals surface area (Å²) in [4.78, 5) is 17.5. The first-order chi connectivity index (χ1) is 13.1. The van der Waals surface area contributed by atoms with Crippen LogP contribution in [-0.2, 0) is 0 Å². The highest BCUT2D eigenvalue weighted by atomic mass is 16.3. The average Bonchev–Trinajstić information content (AvgIpc) is 3.10. The number of aryl methyl sites for hydroxylation is 2. The molecule has 2 aromatic carbocycles. The van der Waals surface area contributed by atoms with Crippen molar-refractivity contribution in [2.75, 3.05) is 6.61 Å². The van der Waals surface area contributed by atoms with Gasteiger partial charge in [-0.05, 0) is 42.3 Å². The molecule has 27 heavy (non-hydrogen) atoms. The normalized spacial score (nSPS) is 12.4. The highest BCUT2D eigenvalue weighted by Gasteiger charge is 2.20. The second-order valence-electron chi connectivity index (χ2n) is 6.74. The number of amides is 1. The summed E-state index contributed by atoms with van der Waals surface area (Å²) in [6.07, 6.45) is 1.85. The molecule has 5 heteroatoms. The summed E-state index contributed by atoms with van der Waals surface area (Å²) in [5, 5.41) is 15.0. The van der Waals surface area contributed by atoms with Crippen molar-refractivity contribution in [1.82, 2.24) is 14.7 Å². The van der Waals surface area contributed by atoms with Crippen LogP contribution in [0.25, 0.3) is 16.4 Å². The third-order valence-corrected chi connectivity index (χ3v) is 4.87. The molecule has 0 fully saturated rings. The molecule has 2 heterocycles. The van der Waals surface area contributed by atoms with Crippen LogP contribution in [-0.4, -0.2) is 27.0 Å². The largest absolute Gasteiger partial charge is 0.394 e.